The molecule has 4 aliphatic rings. The SMILES string of the molecule is CC1(C)C2CC3=C(CC(O)CC3)C1C2. The average molecular weight is 192 g/mol. The smallest absolute Gasteiger partial charge is 0.0580 e. The van der Waals surface area contributed by atoms with Gasteiger partial charge >= 0.3 is 0 Å². The summed E-state index contributed by atoms with van der Waals surface area (Å²) in [6.07, 6.45) is 5.88. The topological polar surface area (TPSA) is 20.2 Å². The van der Waals surface area contributed by atoms with Crippen molar-refractivity contribution in [2.24, 2.45) is 17.3 Å². The van der Waals surface area contributed by atoms with Crippen LogP contribution in [0.15, 0.2) is 11.1 Å². The molecule has 0 aromatic rings. The quantitative estimate of drug-likeness (QED) is 0.585. The van der Waals surface area contributed by atoms with Gasteiger partial charge < -0.3 is 5.11 Å². The number of aliphatic hydroxyl groups excluding tert-OH is 1. The summed E-state index contributed by atoms with van der Waals surface area (Å²) < 4.78 is 0. The van der Waals surface area contributed by atoms with Gasteiger partial charge in [-0.15, -0.1) is 0 Å². The van der Waals surface area contributed by atoms with E-state index in [4.69, 9.17) is 0 Å². The summed E-state index contributed by atoms with van der Waals surface area (Å²) in [6.45, 7) is 4.83. The Bertz CT molecular complexity index is 300. The Kier molecular flexibility index (Phi) is 1.69. The van der Waals surface area contributed by atoms with Gasteiger partial charge in [0.2, 0.25) is 0 Å². The van der Waals surface area contributed by atoms with E-state index >= 15 is 0 Å². The molecule has 0 aliphatic heterocycles. The highest BCUT2D eigenvalue weighted by Gasteiger charge is 2.53. The average Bonchev–Trinajstić information content (AvgIpc) is 2.16. The minimum Gasteiger partial charge on any atom is -0.393 e. The van der Waals surface area contributed by atoms with Crippen LogP contribution in [0, 0.1) is 17.3 Å². The molecule has 14 heavy (non-hydrogen) atoms. The van der Waals surface area contributed by atoms with E-state index < -0.39 is 0 Å². The van der Waals surface area contributed by atoms with E-state index in [1.165, 1.54) is 19.3 Å². The molecule has 3 atom stereocenters. The lowest BCUT2D eigenvalue weighted by Gasteiger charge is -2.59. The molecule has 1 nitrogen and oxygen atoms in total. The molecule has 2 bridgehead atoms. The molecule has 78 valence electrons. The largest absolute Gasteiger partial charge is 0.393 e. The molecule has 4 rings (SSSR count). The zero-order valence-electron chi connectivity index (χ0n) is 9.21. The summed E-state index contributed by atoms with van der Waals surface area (Å²) in [6, 6.07) is 0. The van der Waals surface area contributed by atoms with Gasteiger partial charge in [0.1, 0.15) is 0 Å². The fourth-order valence-corrected chi connectivity index (χ4v) is 3.87. The fraction of sp³-hybridized carbons (Fsp3) is 0.846. The summed E-state index contributed by atoms with van der Waals surface area (Å²) >= 11 is 0. The van der Waals surface area contributed by atoms with E-state index in [0.29, 0.717) is 5.41 Å². The fourth-order valence-electron chi connectivity index (χ4n) is 3.87. The van der Waals surface area contributed by atoms with Crippen molar-refractivity contribution in [3.8, 4) is 0 Å². The summed E-state index contributed by atoms with van der Waals surface area (Å²) in [5.74, 6) is 1.76. The van der Waals surface area contributed by atoms with Gasteiger partial charge in [0.05, 0.1) is 6.10 Å². The van der Waals surface area contributed by atoms with E-state index in [-0.39, 0.29) is 6.10 Å². The van der Waals surface area contributed by atoms with Crippen LogP contribution in [0.5, 0.6) is 0 Å². The van der Waals surface area contributed by atoms with Gasteiger partial charge in [-0.2, -0.15) is 0 Å². The zero-order valence-corrected chi connectivity index (χ0v) is 9.21. The van der Waals surface area contributed by atoms with Crippen LogP contribution < -0.4 is 0 Å². The van der Waals surface area contributed by atoms with Gasteiger partial charge in [0, 0.05) is 0 Å². The van der Waals surface area contributed by atoms with Crippen LogP contribution in [0.3, 0.4) is 0 Å². The van der Waals surface area contributed by atoms with E-state index in [9.17, 15) is 5.11 Å². The maximum absolute atomic E-state index is 9.72. The first-order chi connectivity index (χ1) is 6.59. The van der Waals surface area contributed by atoms with Crippen molar-refractivity contribution in [2.45, 2.75) is 52.1 Å². The third-order valence-corrected chi connectivity index (χ3v) is 5.07. The Hall–Kier alpha value is -0.300. The normalized spacial score (nSPS) is 44.4. The van der Waals surface area contributed by atoms with Crippen molar-refractivity contribution >= 4 is 0 Å². The molecule has 0 saturated heterocycles. The minimum atomic E-state index is -0.0401. The lowest BCUT2D eigenvalue weighted by molar-refractivity contribution is -0.0223. The van der Waals surface area contributed by atoms with Crippen LogP contribution in [0.4, 0.5) is 0 Å². The number of rotatable bonds is 0. The van der Waals surface area contributed by atoms with Crippen LogP contribution in [0.1, 0.15) is 46.0 Å². The number of aliphatic hydroxyl groups is 1. The summed E-state index contributed by atoms with van der Waals surface area (Å²) in [5.41, 5.74) is 3.91. The molecule has 0 heterocycles. The monoisotopic (exact) mass is 192 g/mol. The predicted molar refractivity (Wildman–Crippen MR) is 56.9 cm³/mol. The summed E-state index contributed by atoms with van der Waals surface area (Å²) in [7, 11) is 0. The van der Waals surface area contributed by atoms with Gasteiger partial charge in [-0.25, -0.2) is 0 Å². The Morgan fingerprint density at radius 2 is 2.07 bits per heavy atom. The summed E-state index contributed by atoms with van der Waals surface area (Å²) in [4.78, 5) is 0. The van der Waals surface area contributed by atoms with Crippen LogP contribution in [0.2, 0.25) is 0 Å². The van der Waals surface area contributed by atoms with Gasteiger partial charge in [-0.05, 0) is 49.4 Å². The van der Waals surface area contributed by atoms with E-state index in [1.807, 2.05) is 0 Å². The van der Waals surface area contributed by atoms with E-state index in [0.717, 1.165) is 24.7 Å². The Morgan fingerprint density at radius 3 is 2.79 bits per heavy atom. The molecule has 0 aromatic carbocycles. The Labute approximate surface area is 86.2 Å². The highest BCUT2D eigenvalue weighted by Crippen LogP contribution is 2.63. The van der Waals surface area contributed by atoms with Crippen molar-refractivity contribution in [3.63, 3.8) is 0 Å². The molecule has 0 aromatic heterocycles. The molecule has 0 radical (unpaired) electrons. The number of allylic oxidation sites excluding steroid dienone is 1. The molecular formula is C13H20O. The second kappa shape index (κ2) is 2.63. The van der Waals surface area contributed by atoms with E-state index in [2.05, 4.69) is 13.8 Å². The standard InChI is InChI=1S/C13H20O/c1-13(2)9-5-8-3-4-10(14)7-11(8)12(13)6-9/h9-10,12,14H,3-7H2,1-2H3. The molecule has 1 heteroatoms. The zero-order chi connectivity index (χ0) is 9.92. The van der Waals surface area contributed by atoms with Crippen molar-refractivity contribution in [1.82, 2.24) is 0 Å². The first-order valence-corrected chi connectivity index (χ1v) is 5.98. The molecule has 3 unspecified atom stereocenters. The molecule has 1 fully saturated rings. The van der Waals surface area contributed by atoms with Gasteiger partial charge in [-0.1, -0.05) is 25.0 Å². The highest BCUT2D eigenvalue weighted by atomic mass is 16.3. The number of hydrogen-bond donors (Lipinski definition) is 1. The second-order valence-corrected chi connectivity index (χ2v) is 6.04. The van der Waals surface area contributed by atoms with Crippen molar-refractivity contribution in [2.75, 3.05) is 0 Å². The summed E-state index contributed by atoms with van der Waals surface area (Å²) in [5, 5.41) is 9.72. The minimum absolute atomic E-state index is 0.0401. The van der Waals surface area contributed by atoms with Crippen LogP contribution in [-0.2, 0) is 0 Å². The van der Waals surface area contributed by atoms with Crippen LogP contribution in [-0.4, -0.2) is 11.2 Å². The molecule has 0 spiro atoms. The van der Waals surface area contributed by atoms with Crippen molar-refractivity contribution < 1.29 is 5.11 Å². The van der Waals surface area contributed by atoms with Crippen molar-refractivity contribution in [3.05, 3.63) is 11.1 Å². The number of hydrogen-bond acceptors (Lipinski definition) is 1. The van der Waals surface area contributed by atoms with Crippen molar-refractivity contribution in [1.29, 1.82) is 0 Å². The Morgan fingerprint density at radius 1 is 1.29 bits per heavy atom. The van der Waals surface area contributed by atoms with E-state index in [1.54, 1.807) is 11.1 Å². The molecule has 1 N–H and O–H groups in total. The third kappa shape index (κ3) is 0.995. The maximum atomic E-state index is 9.72. The molecular weight excluding hydrogens is 172 g/mol. The highest BCUT2D eigenvalue weighted by molar-refractivity contribution is 5.32. The third-order valence-electron chi connectivity index (χ3n) is 5.07. The second-order valence-electron chi connectivity index (χ2n) is 6.04. The first kappa shape index (κ1) is 8.96. The predicted octanol–water partition coefficient (Wildman–Crippen LogP) is 2.89. The lowest BCUT2D eigenvalue weighted by Crippen LogP contribution is -2.50. The van der Waals surface area contributed by atoms with Gasteiger partial charge in [0.25, 0.3) is 0 Å². The van der Waals surface area contributed by atoms with Crippen LogP contribution in [0.25, 0.3) is 0 Å². The first-order valence-electron chi connectivity index (χ1n) is 5.98. The molecule has 0 amide bonds. The van der Waals surface area contributed by atoms with Gasteiger partial charge in [0.15, 0.2) is 0 Å². The molecule has 1 saturated carbocycles. The van der Waals surface area contributed by atoms with Gasteiger partial charge in [-0.3, -0.25) is 0 Å². The lowest BCUT2D eigenvalue weighted by atomic mass is 9.46. The van der Waals surface area contributed by atoms with Crippen LogP contribution >= 0.6 is 0 Å². The maximum Gasteiger partial charge on any atom is 0.0580 e. The Balaban J connectivity index is 1.94. The molecule has 4 aliphatic carbocycles.